The van der Waals surface area contributed by atoms with Crippen molar-refractivity contribution in [1.82, 2.24) is 9.88 Å². The lowest BCUT2D eigenvalue weighted by Gasteiger charge is -2.34. The van der Waals surface area contributed by atoms with Crippen LogP contribution in [-0.2, 0) is 0 Å². The van der Waals surface area contributed by atoms with E-state index in [9.17, 15) is 10.1 Å². The molecule has 2 heterocycles. The number of oxazole rings is 1. The second kappa shape index (κ2) is 11.4. The number of aromatic nitrogens is 1. The number of amides is 1. The maximum absolute atomic E-state index is 13.2. The van der Waals surface area contributed by atoms with Crippen molar-refractivity contribution in [2.45, 2.75) is 0 Å². The molecule has 1 aliphatic heterocycles. The minimum Gasteiger partial charge on any atom is -0.497 e. The Labute approximate surface area is 215 Å². The van der Waals surface area contributed by atoms with Gasteiger partial charge in [-0.3, -0.25) is 4.79 Å². The Morgan fingerprint density at radius 2 is 1.59 bits per heavy atom. The molecule has 0 bridgehead atoms. The van der Waals surface area contributed by atoms with E-state index < -0.39 is 0 Å². The molecule has 1 fully saturated rings. The molecule has 0 atom stereocenters. The van der Waals surface area contributed by atoms with Crippen LogP contribution in [0.15, 0.2) is 40.8 Å². The number of methoxy groups -OCH3 is 4. The fraction of sp³-hybridized carbons (Fsp3) is 0.296. The first-order chi connectivity index (χ1) is 18.0. The maximum Gasteiger partial charge on any atom is 0.254 e. The molecule has 10 nitrogen and oxygen atoms in total. The van der Waals surface area contributed by atoms with Crippen molar-refractivity contribution < 1.29 is 28.2 Å². The molecule has 1 aromatic heterocycles. The smallest absolute Gasteiger partial charge is 0.254 e. The number of piperazine rings is 1. The number of nitrogens with zero attached hydrogens (tertiary/aromatic N) is 4. The molecule has 1 amide bonds. The summed E-state index contributed by atoms with van der Waals surface area (Å²) in [5, 5.41) is 9.60. The molecule has 0 radical (unpaired) electrons. The van der Waals surface area contributed by atoms with Crippen LogP contribution in [0.1, 0.15) is 27.5 Å². The van der Waals surface area contributed by atoms with Crippen LogP contribution in [0, 0.1) is 11.3 Å². The van der Waals surface area contributed by atoms with E-state index in [1.807, 2.05) is 35.2 Å². The van der Waals surface area contributed by atoms with Crippen molar-refractivity contribution in [3.8, 4) is 29.1 Å². The summed E-state index contributed by atoms with van der Waals surface area (Å²) in [6, 6.07) is 12.9. The number of hydrogen-bond acceptors (Lipinski definition) is 9. The van der Waals surface area contributed by atoms with Gasteiger partial charge in [-0.15, -0.1) is 0 Å². The number of rotatable bonds is 8. The summed E-state index contributed by atoms with van der Waals surface area (Å²) in [4.78, 5) is 21.2. The van der Waals surface area contributed by atoms with Crippen molar-refractivity contribution in [2.24, 2.45) is 0 Å². The van der Waals surface area contributed by atoms with Crippen LogP contribution in [0.25, 0.3) is 12.2 Å². The van der Waals surface area contributed by atoms with Gasteiger partial charge in [0.25, 0.3) is 5.91 Å². The molecule has 0 saturated carbocycles. The van der Waals surface area contributed by atoms with Crippen LogP contribution in [0.3, 0.4) is 0 Å². The third-order valence-electron chi connectivity index (χ3n) is 6.03. The quantitative estimate of drug-likeness (QED) is 0.453. The van der Waals surface area contributed by atoms with Crippen LogP contribution >= 0.6 is 0 Å². The van der Waals surface area contributed by atoms with Crippen molar-refractivity contribution in [2.75, 3.05) is 59.5 Å². The maximum atomic E-state index is 13.2. The number of nitriles is 1. The Balaban J connectivity index is 1.45. The van der Waals surface area contributed by atoms with Gasteiger partial charge in [-0.25, -0.2) is 0 Å². The molecule has 0 N–H and O–H groups in total. The Morgan fingerprint density at radius 1 is 0.946 bits per heavy atom. The van der Waals surface area contributed by atoms with E-state index in [4.69, 9.17) is 23.4 Å². The van der Waals surface area contributed by atoms with Crippen LogP contribution in [0.2, 0.25) is 0 Å². The zero-order valence-corrected chi connectivity index (χ0v) is 21.2. The van der Waals surface area contributed by atoms with Crippen LogP contribution in [0.4, 0.5) is 5.88 Å². The standard InChI is InChI=1S/C27H28N4O6/c1-33-20-8-5-18(6-9-20)7-10-24-29-21(17-28)27(37-24)31-13-11-30(12-14-31)26(32)19-15-22(34-2)25(36-4)23(16-19)35-3/h5-10,15-16H,11-14H2,1-4H3/b10-7+. The summed E-state index contributed by atoms with van der Waals surface area (Å²) in [6.45, 7) is 1.86. The molecule has 2 aromatic carbocycles. The zero-order chi connectivity index (χ0) is 26.4. The van der Waals surface area contributed by atoms with Crippen molar-refractivity contribution >= 4 is 23.9 Å². The van der Waals surface area contributed by atoms with Crippen molar-refractivity contribution in [3.63, 3.8) is 0 Å². The van der Waals surface area contributed by atoms with Crippen molar-refractivity contribution in [3.05, 3.63) is 59.1 Å². The summed E-state index contributed by atoms with van der Waals surface area (Å²) in [7, 11) is 6.15. The molecular weight excluding hydrogens is 476 g/mol. The molecule has 192 valence electrons. The lowest BCUT2D eigenvalue weighted by atomic mass is 10.1. The normalized spacial score (nSPS) is 13.4. The third kappa shape index (κ3) is 5.46. The van der Waals surface area contributed by atoms with Crippen LogP contribution in [-0.4, -0.2) is 70.4 Å². The minimum atomic E-state index is -0.153. The van der Waals surface area contributed by atoms with E-state index in [1.165, 1.54) is 21.3 Å². The molecule has 3 aromatic rings. The fourth-order valence-corrected chi connectivity index (χ4v) is 4.07. The molecule has 1 aliphatic rings. The fourth-order valence-electron chi connectivity index (χ4n) is 4.07. The predicted octanol–water partition coefficient (Wildman–Crippen LogP) is 3.71. The van der Waals surface area contributed by atoms with Gasteiger partial charge in [-0.1, -0.05) is 12.1 Å². The van der Waals surface area contributed by atoms with Gasteiger partial charge in [-0.2, -0.15) is 10.2 Å². The monoisotopic (exact) mass is 504 g/mol. The SMILES string of the molecule is COc1ccc(/C=C/c2nc(C#N)c(N3CCN(C(=O)c4cc(OC)c(OC)c(OC)c4)CC3)o2)cc1. The van der Waals surface area contributed by atoms with Gasteiger partial charge in [0, 0.05) is 37.8 Å². The first-order valence-corrected chi connectivity index (χ1v) is 11.6. The molecule has 10 heteroatoms. The molecule has 4 rings (SSSR count). The van der Waals surface area contributed by atoms with Gasteiger partial charge in [-0.05, 0) is 35.9 Å². The lowest BCUT2D eigenvalue weighted by molar-refractivity contribution is 0.0744. The van der Waals surface area contributed by atoms with E-state index in [0.717, 1.165) is 11.3 Å². The van der Waals surface area contributed by atoms with Crippen LogP contribution in [0.5, 0.6) is 23.0 Å². The molecule has 37 heavy (non-hydrogen) atoms. The van der Waals surface area contributed by atoms with E-state index in [2.05, 4.69) is 11.1 Å². The number of hydrogen-bond donors (Lipinski definition) is 0. The van der Waals surface area contributed by atoms with E-state index in [0.29, 0.717) is 60.8 Å². The highest BCUT2D eigenvalue weighted by molar-refractivity contribution is 5.96. The van der Waals surface area contributed by atoms with Gasteiger partial charge in [0.1, 0.15) is 11.8 Å². The minimum absolute atomic E-state index is 0.153. The number of anilines is 1. The number of carbonyl (C=O) groups is 1. The van der Waals surface area contributed by atoms with Gasteiger partial charge in [0.15, 0.2) is 11.5 Å². The number of benzene rings is 2. The Kier molecular flexibility index (Phi) is 7.83. The molecule has 0 aliphatic carbocycles. The highest BCUT2D eigenvalue weighted by atomic mass is 16.5. The van der Waals surface area contributed by atoms with Gasteiger partial charge in [0.05, 0.1) is 28.4 Å². The Bertz CT molecular complexity index is 1290. The number of carbonyl (C=O) groups excluding carboxylic acids is 1. The van der Waals surface area contributed by atoms with E-state index >= 15 is 0 Å². The lowest BCUT2D eigenvalue weighted by Crippen LogP contribution is -2.48. The molecule has 0 unspecified atom stereocenters. The second-order valence-corrected chi connectivity index (χ2v) is 8.12. The topological polar surface area (TPSA) is 110 Å². The summed E-state index contributed by atoms with van der Waals surface area (Å²) in [5.74, 6) is 2.61. The summed E-state index contributed by atoms with van der Waals surface area (Å²) < 4.78 is 27.2. The highest BCUT2D eigenvalue weighted by Gasteiger charge is 2.28. The van der Waals surface area contributed by atoms with Crippen LogP contribution < -0.4 is 23.8 Å². The number of ether oxygens (including phenoxy) is 4. The highest BCUT2D eigenvalue weighted by Crippen LogP contribution is 2.38. The van der Waals surface area contributed by atoms with E-state index in [-0.39, 0.29) is 11.6 Å². The van der Waals surface area contributed by atoms with Crippen molar-refractivity contribution in [1.29, 1.82) is 5.26 Å². The summed E-state index contributed by atoms with van der Waals surface area (Å²) in [5.41, 5.74) is 1.59. The second-order valence-electron chi connectivity index (χ2n) is 8.12. The first-order valence-electron chi connectivity index (χ1n) is 11.6. The average molecular weight is 505 g/mol. The van der Waals surface area contributed by atoms with Gasteiger partial charge >= 0.3 is 0 Å². The average Bonchev–Trinajstić information content (AvgIpc) is 3.38. The molecular formula is C27H28N4O6. The first kappa shape index (κ1) is 25.4. The largest absolute Gasteiger partial charge is 0.497 e. The Hall–Kier alpha value is -4.65. The predicted molar refractivity (Wildman–Crippen MR) is 137 cm³/mol. The summed E-state index contributed by atoms with van der Waals surface area (Å²) in [6.07, 6.45) is 3.57. The van der Waals surface area contributed by atoms with Gasteiger partial charge in [0.2, 0.25) is 23.2 Å². The third-order valence-corrected chi connectivity index (χ3v) is 6.03. The molecule has 1 saturated heterocycles. The van der Waals surface area contributed by atoms with E-state index in [1.54, 1.807) is 30.2 Å². The zero-order valence-electron chi connectivity index (χ0n) is 21.2. The Morgan fingerprint density at radius 3 is 2.14 bits per heavy atom. The summed E-state index contributed by atoms with van der Waals surface area (Å²) >= 11 is 0. The van der Waals surface area contributed by atoms with Gasteiger partial charge < -0.3 is 33.2 Å². The molecule has 0 spiro atoms.